The molecule has 9 heteroatoms. The Labute approximate surface area is 117 Å². The first-order chi connectivity index (χ1) is 8.54. The zero-order valence-corrected chi connectivity index (χ0v) is 15.4. The maximum absolute atomic E-state index is 10.2. The highest BCUT2D eigenvalue weighted by molar-refractivity contribution is 6.87. The molecule has 6 nitrogen and oxygen atoms in total. The van der Waals surface area contributed by atoms with E-state index in [9.17, 15) is 4.79 Å². The Bertz CT molecular complexity index is 387. The van der Waals surface area contributed by atoms with E-state index >= 15 is 0 Å². The highest BCUT2D eigenvalue weighted by atomic mass is 28.5. The summed E-state index contributed by atoms with van der Waals surface area (Å²) in [7, 11) is -6.48. The second kappa shape index (κ2) is 7.14. The summed E-state index contributed by atoms with van der Waals surface area (Å²) in [4.78, 5) is 13.8. The Morgan fingerprint density at radius 2 is 1.58 bits per heavy atom. The molecule has 0 unspecified atom stereocenters. The Hall–Kier alpha value is -0.759. The Balaban J connectivity index is 4.62. The molecular formula is C10H22N2O4Si3. The largest absolute Gasteiger partial charge is 0.435 e. The van der Waals surface area contributed by atoms with Gasteiger partial charge in [0.05, 0.1) is 6.17 Å². The smallest absolute Gasteiger partial charge is 0.311 e. The van der Waals surface area contributed by atoms with Crippen LogP contribution in [0.1, 0.15) is 0 Å². The van der Waals surface area contributed by atoms with Crippen molar-refractivity contribution in [3.05, 3.63) is 0 Å². The van der Waals surface area contributed by atoms with Crippen molar-refractivity contribution >= 4 is 31.3 Å². The average molecular weight is 319 g/mol. The molecular weight excluding hydrogens is 296 g/mol. The van der Waals surface area contributed by atoms with Crippen LogP contribution in [0.3, 0.4) is 0 Å². The van der Waals surface area contributed by atoms with E-state index < -0.39 is 25.2 Å². The number of isocyanates is 1. The number of hydrogen-bond acceptors (Lipinski definition) is 6. The zero-order chi connectivity index (χ0) is 15.2. The Morgan fingerprint density at radius 3 is 2.05 bits per heavy atom. The summed E-state index contributed by atoms with van der Waals surface area (Å²) < 4.78 is 17.0. The van der Waals surface area contributed by atoms with Gasteiger partial charge in [-0.25, -0.2) is 9.79 Å². The van der Waals surface area contributed by atoms with E-state index in [1.165, 1.54) is 0 Å². The molecule has 19 heavy (non-hydrogen) atoms. The van der Waals surface area contributed by atoms with E-state index in [0.717, 1.165) is 0 Å². The highest BCUT2D eigenvalue weighted by Crippen LogP contribution is 2.20. The van der Waals surface area contributed by atoms with Gasteiger partial charge in [-0.3, -0.25) is 0 Å². The van der Waals surface area contributed by atoms with Crippen LogP contribution in [-0.4, -0.2) is 43.7 Å². The third-order valence-electron chi connectivity index (χ3n) is 2.05. The standard InChI is InChI=1S/C10H22N2O4Si3/c1-17(2,9-12-8-13)15-19(5,6)16-18(3,4)10-14-7-11/h9-10H2,1-6H3. The summed E-state index contributed by atoms with van der Waals surface area (Å²) in [5, 5.41) is 8.44. The predicted molar refractivity (Wildman–Crippen MR) is 79.2 cm³/mol. The van der Waals surface area contributed by atoms with E-state index in [0.29, 0.717) is 12.4 Å². The molecule has 0 amide bonds. The van der Waals surface area contributed by atoms with Gasteiger partial charge in [0.1, 0.15) is 6.23 Å². The molecule has 0 fully saturated rings. The van der Waals surface area contributed by atoms with Gasteiger partial charge < -0.3 is 13.0 Å². The van der Waals surface area contributed by atoms with Crippen LogP contribution in [-0.2, 0) is 17.8 Å². The maximum atomic E-state index is 10.2. The van der Waals surface area contributed by atoms with E-state index in [1.54, 1.807) is 12.3 Å². The van der Waals surface area contributed by atoms with Crippen LogP contribution >= 0.6 is 0 Å². The number of hydrogen-bond donors (Lipinski definition) is 0. The van der Waals surface area contributed by atoms with Crippen LogP contribution in [0.15, 0.2) is 4.99 Å². The fourth-order valence-electron chi connectivity index (χ4n) is 1.84. The molecule has 0 aromatic rings. The lowest BCUT2D eigenvalue weighted by molar-refractivity contribution is 0.295. The number of aliphatic imine (C=N–C) groups is 1. The molecule has 0 N–H and O–H groups in total. The van der Waals surface area contributed by atoms with Gasteiger partial charge in [0.25, 0.3) is 6.26 Å². The summed E-state index contributed by atoms with van der Waals surface area (Å²) in [5.74, 6) is 0. The van der Waals surface area contributed by atoms with Gasteiger partial charge >= 0.3 is 8.56 Å². The summed E-state index contributed by atoms with van der Waals surface area (Å²) in [5.41, 5.74) is 0. The molecule has 0 spiro atoms. The summed E-state index contributed by atoms with van der Waals surface area (Å²) in [6, 6.07) is 0. The third-order valence-corrected chi connectivity index (χ3v) is 12.2. The molecule has 0 aliphatic carbocycles. The Morgan fingerprint density at radius 1 is 1.05 bits per heavy atom. The third kappa shape index (κ3) is 8.88. The Kier molecular flexibility index (Phi) is 6.85. The number of ether oxygens (including phenoxy) is 1. The van der Waals surface area contributed by atoms with Crippen LogP contribution in [0, 0.1) is 11.5 Å². The first kappa shape index (κ1) is 18.2. The van der Waals surface area contributed by atoms with Gasteiger partial charge in [-0.15, -0.1) is 0 Å². The number of nitrogens with zero attached hydrogens (tertiary/aromatic N) is 2. The second-order valence-electron chi connectivity index (χ2n) is 5.91. The predicted octanol–water partition coefficient (Wildman–Crippen LogP) is 2.04. The minimum Gasteiger partial charge on any atom is -0.435 e. The van der Waals surface area contributed by atoms with Crippen molar-refractivity contribution in [1.82, 2.24) is 0 Å². The van der Waals surface area contributed by atoms with Crippen molar-refractivity contribution in [3.63, 3.8) is 0 Å². The van der Waals surface area contributed by atoms with Crippen molar-refractivity contribution in [2.24, 2.45) is 4.99 Å². The zero-order valence-electron chi connectivity index (χ0n) is 12.4. The topological polar surface area (TPSA) is 80.9 Å². The molecule has 0 aliphatic heterocycles. The molecule has 0 aromatic carbocycles. The van der Waals surface area contributed by atoms with Gasteiger partial charge in [-0.05, 0) is 39.3 Å². The molecule has 0 rings (SSSR count). The molecule has 0 aromatic heterocycles. The number of carbonyl (C=O) groups excluding carboxylic acids is 1. The normalized spacial score (nSPS) is 12.5. The van der Waals surface area contributed by atoms with Gasteiger partial charge in [0.2, 0.25) is 14.4 Å². The maximum Gasteiger partial charge on any atom is 0.311 e. The number of rotatable bonds is 8. The minimum atomic E-state index is -2.33. The van der Waals surface area contributed by atoms with Crippen molar-refractivity contribution in [3.8, 4) is 6.26 Å². The van der Waals surface area contributed by atoms with E-state index in [1.807, 2.05) is 39.3 Å². The minimum absolute atomic E-state index is 0.317. The molecule has 108 valence electrons. The van der Waals surface area contributed by atoms with Crippen LogP contribution in [0.2, 0.25) is 39.3 Å². The van der Waals surface area contributed by atoms with Gasteiger partial charge in [0.15, 0.2) is 8.32 Å². The van der Waals surface area contributed by atoms with Crippen molar-refractivity contribution in [2.45, 2.75) is 39.3 Å². The summed E-state index contributed by atoms with van der Waals surface area (Å²) in [6.07, 6.45) is 3.91. The number of nitriles is 1. The molecule has 0 aliphatic rings. The van der Waals surface area contributed by atoms with E-state index in [-0.39, 0.29) is 0 Å². The lowest BCUT2D eigenvalue weighted by Gasteiger charge is -2.37. The molecule has 0 radical (unpaired) electrons. The lowest BCUT2D eigenvalue weighted by atomic mass is 11.4. The van der Waals surface area contributed by atoms with Crippen LogP contribution in [0.25, 0.3) is 0 Å². The second-order valence-corrected chi connectivity index (χ2v) is 18.0. The van der Waals surface area contributed by atoms with Gasteiger partial charge in [0, 0.05) is 0 Å². The first-order valence-corrected chi connectivity index (χ1v) is 15.0. The SMILES string of the molecule is C[Si](C)(CN=C=O)O[Si](C)(C)O[Si](C)(C)COC#N. The van der Waals surface area contributed by atoms with Gasteiger partial charge in [-0.2, -0.15) is 5.26 Å². The molecule has 0 saturated carbocycles. The summed E-state index contributed by atoms with van der Waals surface area (Å²) in [6.45, 7) is 11.9. The fraction of sp³-hybridized carbons (Fsp3) is 0.800. The van der Waals surface area contributed by atoms with E-state index in [4.69, 9.17) is 18.2 Å². The quantitative estimate of drug-likeness (QED) is 0.296. The molecule has 0 saturated heterocycles. The molecule has 0 heterocycles. The molecule has 0 atom stereocenters. The summed E-state index contributed by atoms with van der Waals surface area (Å²) >= 11 is 0. The van der Waals surface area contributed by atoms with E-state index in [2.05, 4.69) is 4.99 Å². The van der Waals surface area contributed by atoms with Gasteiger partial charge in [-0.1, -0.05) is 0 Å². The molecule has 0 bridgehead atoms. The van der Waals surface area contributed by atoms with Crippen molar-refractivity contribution < 1.29 is 17.8 Å². The first-order valence-electron chi connectivity index (χ1n) is 5.98. The van der Waals surface area contributed by atoms with Crippen molar-refractivity contribution in [1.29, 1.82) is 5.26 Å². The van der Waals surface area contributed by atoms with Crippen molar-refractivity contribution in [2.75, 3.05) is 12.4 Å². The average Bonchev–Trinajstić information content (AvgIpc) is 2.20. The van der Waals surface area contributed by atoms with Crippen LogP contribution in [0.4, 0.5) is 0 Å². The highest BCUT2D eigenvalue weighted by Gasteiger charge is 2.40. The van der Waals surface area contributed by atoms with Crippen LogP contribution < -0.4 is 0 Å². The lowest BCUT2D eigenvalue weighted by Crippen LogP contribution is -2.55. The monoisotopic (exact) mass is 318 g/mol. The van der Waals surface area contributed by atoms with Crippen LogP contribution in [0.5, 0.6) is 0 Å². The fourth-order valence-corrected chi connectivity index (χ4v) is 14.4.